The van der Waals surface area contributed by atoms with Crippen LogP contribution < -0.4 is 4.74 Å². The normalized spacial score (nSPS) is 24.0. The Morgan fingerprint density at radius 3 is 2.41 bits per heavy atom. The lowest BCUT2D eigenvalue weighted by Crippen LogP contribution is -2.27. The van der Waals surface area contributed by atoms with Crippen molar-refractivity contribution < 1.29 is 40.2 Å². The number of aliphatic hydroxyl groups excluding tert-OH is 1. The van der Waals surface area contributed by atoms with Gasteiger partial charge in [-0.2, -0.15) is 18.4 Å². The van der Waals surface area contributed by atoms with E-state index in [0.717, 1.165) is 6.07 Å². The molecule has 0 heterocycles. The summed E-state index contributed by atoms with van der Waals surface area (Å²) in [5.74, 6) is -4.12. The number of fused-ring (bicyclic) bond motifs is 1. The second-order valence-electron chi connectivity index (χ2n) is 6.77. The van der Waals surface area contributed by atoms with E-state index in [1.54, 1.807) is 0 Å². The number of benzene rings is 1. The molecule has 1 aromatic carbocycles. The van der Waals surface area contributed by atoms with Crippen molar-refractivity contribution in [2.24, 2.45) is 5.41 Å². The van der Waals surface area contributed by atoms with Crippen molar-refractivity contribution in [3.05, 3.63) is 23.3 Å². The van der Waals surface area contributed by atoms with E-state index >= 15 is 0 Å². The first-order valence-corrected chi connectivity index (χ1v) is 9.36. The van der Waals surface area contributed by atoms with Gasteiger partial charge in [0.05, 0.1) is 16.4 Å². The lowest BCUT2D eigenvalue weighted by Gasteiger charge is -2.22. The molecule has 1 N–H and O–H groups in total. The number of halogens is 5. The number of sulfone groups is 1. The van der Waals surface area contributed by atoms with E-state index in [4.69, 9.17) is 10.00 Å². The molecule has 1 saturated carbocycles. The molecule has 0 aliphatic heterocycles. The zero-order chi connectivity index (χ0) is 20.4. The van der Waals surface area contributed by atoms with Crippen LogP contribution in [0, 0.1) is 16.7 Å². The van der Waals surface area contributed by atoms with Crippen LogP contribution >= 0.6 is 0 Å². The van der Waals surface area contributed by atoms with Crippen LogP contribution in [0.25, 0.3) is 0 Å². The number of hydrogen-bond donors (Lipinski definition) is 1. The van der Waals surface area contributed by atoms with Crippen molar-refractivity contribution >= 4 is 9.84 Å². The number of ether oxygens (including phenoxy) is 1. The van der Waals surface area contributed by atoms with Gasteiger partial charge in [0, 0.05) is 17.5 Å². The molecule has 5 nitrogen and oxygen atoms in total. The smallest absolute Gasteiger partial charge is 0.489 e. The fourth-order valence-corrected chi connectivity index (χ4v) is 4.19. The highest BCUT2D eigenvalue weighted by molar-refractivity contribution is 7.92. The second-order valence-corrected chi connectivity index (χ2v) is 8.68. The van der Waals surface area contributed by atoms with Crippen LogP contribution in [0.2, 0.25) is 0 Å². The third kappa shape index (κ3) is 2.95. The van der Waals surface area contributed by atoms with Gasteiger partial charge in [0.25, 0.3) is 15.8 Å². The number of nitrogens with zero attached hydrogens (tertiary/aromatic N) is 1. The molecule has 11 heteroatoms. The fraction of sp³-hybridized carbons (Fsp3) is 0.562. The Hall–Kier alpha value is -1.93. The van der Waals surface area contributed by atoms with Gasteiger partial charge in [0.1, 0.15) is 18.0 Å². The van der Waals surface area contributed by atoms with Crippen molar-refractivity contribution in [2.75, 3.05) is 0 Å². The minimum Gasteiger partial charge on any atom is -0.489 e. The van der Waals surface area contributed by atoms with Crippen molar-refractivity contribution in [3.63, 3.8) is 0 Å². The van der Waals surface area contributed by atoms with Crippen molar-refractivity contribution in [3.8, 4) is 11.8 Å². The van der Waals surface area contributed by atoms with Gasteiger partial charge in [0.15, 0.2) is 0 Å². The molecule has 2 aliphatic carbocycles. The maximum absolute atomic E-state index is 14.0. The summed E-state index contributed by atoms with van der Waals surface area (Å²) in [5.41, 5.74) is -8.04. The van der Waals surface area contributed by atoms with E-state index in [1.807, 2.05) is 0 Å². The van der Waals surface area contributed by atoms with E-state index in [2.05, 4.69) is 6.07 Å². The molecule has 1 fully saturated rings. The van der Waals surface area contributed by atoms with Gasteiger partial charge in [0.2, 0.25) is 0 Å². The largest absolute Gasteiger partial charge is 0.501 e. The fourth-order valence-electron chi connectivity index (χ4n) is 3.17. The van der Waals surface area contributed by atoms with Crippen molar-refractivity contribution in [1.29, 1.82) is 5.26 Å². The van der Waals surface area contributed by atoms with Gasteiger partial charge in [-0.05, 0) is 31.9 Å². The van der Waals surface area contributed by atoms with Gasteiger partial charge >= 0.3 is 5.51 Å². The molecule has 2 atom stereocenters. The molecule has 0 spiro atoms. The first-order chi connectivity index (χ1) is 12.3. The summed E-state index contributed by atoms with van der Waals surface area (Å²) in [5, 5.41) is 19.0. The number of alkyl halides is 5. The molecular weight excluding hydrogens is 397 g/mol. The standard InChI is InChI=1S/C16H14F5NO4S/c1-8(14(7-22)4-5-14)26-10-2-3-11(27(24,25)16(19,20)21)12-9(10)6-15(17,18)13(12)23/h2-3,8,13,23H,4-6H2,1H3/t8?,13-/m0/s1. The molecule has 0 aromatic heterocycles. The van der Waals surface area contributed by atoms with E-state index in [0.29, 0.717) is 18.9 Å². The Morgan fingerprint density at radius 2 is 1.93 bits per heavy atom. The van der Waals surface area contributed by atoms with Gasteiger partial charge in [-0.1, -0.05) is 0 Å². The molecule has 148 valence electrons. The Balaban J connectivity index is 2.12. The Kier molecular flexibility index (Phi) is 4.24. The molecule has 1 unspecified atom stereocenters. The molecule has 0 saturated heterocycles. The quantitative estimate of drug-likeness (QED) is 0.769. The molecule has 2 aliphatic rings. The molecule has 0 amide bonds. The van der Waals surface area contributed by atoms with Crippen LogP contribution in [0.4, 0.5) is 22.0 Å². The summed E-state index contributed by atoms with van der Waals surface area (Å²) in [4.78, 5) is -1.42. The Labute approximate surface area is 151 Å². The minimum absolute atomic E-state index is 0.267. The number of rotatable bonds is 4. The monoisotopic (exact) mass is 411 g/mol. The van der Waals surface area contributed by atoms with E-state index < -0.39 is 61.3 Å². The van der Waals surface area contributed by atoms with Crippen LogP contribution in [0.1, 0.15) is 37.0 Å². The van der Waals surface area contributed by atoms with Crippen molar-refractivity contribution in [1.82, 2.24) is 0 Å². The summed E-state index contributed by atoms with van der Waals surface area (Å²) in [6.07, 6.45) is -3.60. The molecule has 27 heavy (non-hydrogen) atoms. The summed E-state index contributed by atoms with van der Waals surface area (Å²) in [6.45, 7) is 1.52. The summed E-state index contributed by atoms with van der Waals surface area (Å²) in [7, 11) is -5.95. The summed E-state index contributed by atoms with van der Waals surface area (Å²) >= 11 is 0. The van der Waals surface area contributed by atoms with E-state index in [9.17, 15) is 35.5 Å². The zero-order valence-electron chi connectivity index (χ0n) is 13.8. The van der Waals surface area contributed by atoms with Gasteiger partial charge in [-0.3, -0.25) is 0 Å². The van der Waals surface area contributed by atoms with Crippen LogP contribution in [0.3, 0.4) is 0 Å². The maximum atomic E-state index is 14.0. The molecule has 3 rings (SSSR count). The summed E-state index contributed by atoms with van der Waals surface area (Å²) in [6, 6.07) is 3.41. The van der Waals surface area contributed by atoms with E-state index in [1.165, 1.54) is 6.92 Å². The second kappa shape index (κ2) is 5.78. The van der Waals surface area contributed by atoms with Gasteiger partial charge in [-0.15, -0.1) is 0 Å². The number of nitriles is 1. The predicted molar refractivity (Wildman–Crippen MR) is 80.7 cm³/mol. The number of hydrogen-bond acceptors (Lipinski definition) is 5. The van der Waals surface area contributed by atoms with Crippen LogP contribution in [-0.2, 0) is 16.3 Å². The van der Waals surface area contributed by atoms with E-state index in [-0.39, 0.29) is 5.75 Å². The van der Waals surface area contributed by atoms with Gasteiger partial charge in [-0.25, -0.2) is 17.2 Å². The van der Waals surface area contributed by atoms with Crippen LogP contribution in [0.5, 0.6) is 5.75 Å². The van der Waals surface area contributed by atoms with Crippen LogP contribution in [0.15, 0.2) is 17.0 Å². The molecule has 0 radical (unpaired) electrons. The lowest BCUT2D eigenvalue weighted by molar-refractivity contribution is -0.0978. The maximum Gasteiger partial charge on any atom is 0.501 e. The highest BCUT2D eigenvalue weighted by atomic mass is 32.2. The average Bonchev–Trinajstić information content (AvgIpc) is 3.30. The third-order valence-corrected chi connectivity index (χ3v) is 6.59. The third-order valence-electron chi connectivity index (χ3n) is 5.05. The van der Waals surface area contributed by atoms with Gasteiger partial charge < -0.3 is 9.84 Å². The SMILES string of the molecule is CC(Oc1ccc(S(=O)(=O)C(F)(F)F)c2c1CC(F)(F)[C@H]2O)C1(C#N)CC1. The van der Waals surface area contributed by atoms with Crippen molar-refractivity contribution in [2.45, 2.75) is 54.7 Å². The van der Waals surface area contributed by atoms with Crippen LogP contribution in [-0.4, -0.2) is 31.1 Å². The molecule has 0 bridgehead atoms. The average molecular weight is 411 g/mol. The highest BCUT2D eigenvalue weighted by Crippen LogP contribution is 2.53. The first kappa shape index (κ1) is 19.8. The summed E-state index contributed by atoms with van der Waals surface area (Å²) < 4.78 is 95.7. The molecule has 1 aromatic rings. The lowest BCUT2D eigenvalue weighted by atomic mass is 10.0. The first-order valence-electron chi connectivity index (χ1n) is 7.88. The highest BCUT2D eigenvalue weighted by Gasteiger charge is 2.56. The zero-order valence-corrected chi connectivity index (χ0v) is 14.7. The number of aliphatic hydroxyl groups is 1. The molecular formula is C16H14F5NO4S. The minimum atomic E-state index is -5.95. The predicted octanol–water partition coefficient (Wildman–Crippen LogP) is 3.28. The Bertz CT molecular complexity index is 931. The topological polar surface area (TPSA) is 87.4 Å². The Morgan fingerprint density at radius 1 is 1.33 bits per heavy atom.